The first-order valence-electron chi connectivity index (χ1n) is 10.4. The number of pyridine rings is 2. The van der Waals surface area contributed by atoms with E-state index >= 15 is 0 Å². The normalized spacial score (nSPS) is 15.6. The fourth-order valence-electron chi connectivity index (χ4n) is 3.97. The van der Waals surface area contributed by atoms with Crippen LogP contribution in [-0.4, -0.2) is 47.6 Å². The zero-order valence-electron chi connectivity index (χ0n) is 17.7. The summed E-state index contributed by atoms with van der Waals surface area (Å²) in [6.07, 6.45) is 6.88. The maximum atomic E-state index is 12.1. The molecule has 31 heavy (non-hydrogen) atoms. The van der Waals surface area contributed by atoms with Crippen molar-refractivity contribution in [2.24, 2.45) is 0 Å². The first kappa shape index (κ1) is 21.2. The summed E-state index contributed by atoms with van der Waals surface area (Å²) < 4.78 is 25.9. The van der Waals surface area contributed by atoms with Crippen LogP contribution >= 0.6 is 0 Å². The molecule has 8 heteroatoms. The molecule has 160 valence electrons. The Kier molecular flexibility index (Phi) is 5.90. The lowest BCUT2D eigenvalue weighted by Gasteiger charge is -2.32. The Morgan fingerprint density at radius 3 is 2.68 bits per heavy atom. The number of rotatable bonds is 5. The second kappa shape index (κ2) is 8.61. The zero-order valence-corrected chi connectivity index (χ0v) is 18.5. The fraction of sp³-hybridized carbons (Fsp3) is 0.348. The number of nitrogens with zero attached hydrogens (tertiary/aromatic N) is 4. The number of nitrogens with one attached hydrogen (secondary N) is 1. The standard InChI is InChI=1S/C23H25N5O2S/c1-3-31(29,30)28-8-5-21(6-9-28)27-23-12-18(10-17-4-7-25-15-22(17)23)20-11-19(13-24)16(2)26-14-20/h4,7,10-12,14-15,21,27H,3,5-6,8-9H2,1-2H3. The molecule has 0 amide bonds. The van der Waals surface area contributed by atoms with E-state index in [0.29, 0.717) is 24.3 Å². The molecule has 1 saturated heterocycles. The van der Waals surface area contributed by atoms with E-state index in [-0.39, 0.29) is 11.8 Å². The number of hydrogen-bond acceptors (Lipinski definition) is 6. The first-order valence-corrected chi connectivity index (χ1v) is 12.0. The molecule has 3 heterocycles. The fourth-order valence-corrected chi connectivity index (χ4v) is 5.10. The lowest BCUT2D eigenvalue weighted by Crippen LogP contribution is -2.42. The molecule has 7 nitrogen and oxygen atoms in total. The van der Waals surface area contributed by atoms with Crippen molar-refractivity contribution in [3.05, 3.63) is 54.1 Å². The molecule has 3 aromatic rings. The number of aryl methyl sites for hydroxylation is 1. The molecule has 2 aromatic heterocycles. The van der Waals surface area contributed by atoms with Gasteiger partial charge in [-0.05, 0) is 61.9 Å². The number of aromatic nitrogens is 2. The van der Waals surface area contributed by atoms with Crippen molar-refractivity contribution in [1.29, 1.82) is 5.26 Å². The summed E-state index contributed by atoms with van der Waals surface area (Å²) in [4.78, 5) is 8.65. The zero-order chi connectivity index (χ0) is 22.0. The second-order valence-electron chi connectivity index (χ2n) is 7.81. The van der Waals surface area contributed by atoms with Crippen LogP contribution in [0.15, 0.2) is 42.9 Å². The predicted octanol–water partition coefficient (Wildman–Crippen LogP) is 3.70. The van der Waals surface area contributed by atoms with Crippen molar-refractivity contribution in [2.45, 2.75) is 32.7 Å². The Bertz CT molecular complexity index is 1260. The quantitative estimate of drug-likeness (QED) is 0.656. The minimum absolute atomic E-state index is 0.138. The summed E-state index contributed by atoms with van der Waals surface area (Å²) in [6.45, 7) is 4.56. The van der Waals surface area contributed by atoms with Gasteiger partial charge in [0.15, 0.2) is 0 Å². The van der Waals surface area contributed by atoms with Gasteiger partial charge in [-0.2, -0.15) is 5.26 Å². The summed E-state index contributed by atoms with van der Waals surface area (Å²) in [6, 6.07) is 10.3. The highest BCUT2D eigenvalue weighted by molar-refractivity contribution is 7.89. The largest absolute Gasteiger partial charge is 0.382 e. The van der Waals surface area contributed by atoms with E-state index in [1.807, 2.05) is 25.3 Å². The Balaban J connectivity index is 1.65. The minimum Gasteiger partial charge on any atom is -0.382 e. The summed E-state index contributed by atoms with van der Waals surface area (Å²) in [5, 5.41) is 15.0. The lowest BCUT2D eigenvalue weighted by molar-refractivity contribution is 0.330. The van der Waals surface area contributed by atoms with Crippen LogP contribution in [0.1, 0.15) is 31.0 Å². The van der Waals surface area contributed by atoms with Crippen molar-refractivity contribution >= 4 is 26.5 Å². The van der Waals surface area contributed by atoms with Crippen molar-refractivity contribution in [3.8, 4) is 17.2 Å². The Morgan fingerprint density at radius 1 is 1.19 bits per heavy atom. The molecule has 0 spiro atoms. The molecule has 0 aliphatic carbocycles. The van der Waals surface area contributed by atoms with E-state index < -0.39 is 10.0 Å². The number of anilines is 1. The Morgan fingerprint density at radius 2 is 1.97 bits per heavy atom. The van der Waals surface area contributed by atoms with Gasteiger partial charge >= 0.3 is 0 Å². The van der Waals surface area contributed by atoms with Gasteiger partial charge in [-0.25, -0.2) is 12.7 Å². The molecule has 0 radical (unpaired) electrons. The number of sulfonamides is 1. The van der Waals surface area contributed by atoms with Crippen molar-refractivity contribution in [2.75, 3.05) is 24.2 Å². The van der Waals surface area contributed by atoms with E-state index in [9.17, 15) is 13.7 Å². The van der Waals surface area contributed by atoms with Gasteiger partial charge < -0.3 is 5.32 Å². The molecule has 1 aromatic carbocycles. The lowest BCUT2D eigenvalue weighted by atomic mass is 9.99. The van der Waals surface area contributed by atoms with E-state index in [0.717, 1.165) is 40.4 Å². The van der Waals surface area contributed by atoms with Gasteiger partial charge in [-0.3, -0.25) is 9.97 Å². The third kappa shape index (κ3) is 4.38. The molecule has 0 saturated carbocycles. The van der Waals surface area contributed by atoms with Gasteiger partial charge in [0.2, 0.25) is 10.0 Å². The second-order valence-corrected chi connectivity index (χ2v) is 10.1. The summed E-state index contributed by atoms with van der Waals surface area (Å²) in [5.41, 5.74) is 4.08. The topological polar surface area (TPSA) is 99.0 Å². The highest BCUT2D eigenvalue weighted by atomic mass is 32.2. The number of hydrogen-bond donors (Lipinski definition) is 1. The monoisotopic (exact) mass is 435 g/mol. The molecule has 0 unspecified atom stereocenters. The van der Waals surface area contributed by atoms with Crippen molar-refractivity contribution in [1.82, 2.24) is 14.3 Å². The highest BCUT2D eigenvalue weighted by Crippen LogP contribution is 2.32. The SMILES string of the molecule is CCS(=O)(=O)N1CCC(Nc2cc(-c3cnc(C)c(C#N)c3)cc3ccncc23)CC1. The first-order chi connectivity index (χ1) is 14.9. The van der Waals surface area contributed by atoms with Crippen LogP contribution in [0, 0.1) is 18.3 Å². The smallest absolute Gasteiger partial charge is 0.213 e. The minimum atomic E-state index is -3.14. The molecule has 1 fully saturated rings. The van der Waals surface area contributed by atoms with E-state index in [4.69, 9.17) is 0 Å². The predicted molar refractivity (Wildman–Crippen MR) is 122 cm³/mol. The van der Waals surface area contributed by atoms with Crippen LogP contribution in [0.5, 0.6) is 0 Å². The molecule has 0 bridgehead atoms. The number of piperidine rings is 1. The van der Waals surface area contributed by atoms with E-state index in [2.05, 4.69) is 33.5 Å². The summed E-state index contributed by atoms with van der Waals surface area (Å²) in [5.74, 6) is 0.138. The van der Waals surface area contributed by atoms with E-state index in [1.165, 1.54) is 0 Å². The van der Waals surface area contributed by atoms with Crippen molar-refractivity contribution < 1.29 is 8.42 Å². The number of fused-ring (bicyclic) bond motifs is 1. The average Bonchev–Trinajstić information content (AvgIpc) is 2.79. The summed E-state index contributed by atoms with van der Waals surface area (Å²) >= 11 is 0. The van der Waals surface area contributed by atoms with Gasteiger partial charge in [0.25, 0.3) is 0 Å². The number of benzene rings is 1. The van der Waals surface area contributed by atoms with Crippen molar-refractivity contribution in [3.63, 3.8) is 0 Å². The van der Waals surface area contributed by atoms with Gasteiger partial charge in [0.05, 0.1) is 17.0 Å². The maximum Gasteiger partial charge on any atom is 0.213 e. The average molecular weight is 436 g/mol. The van der Waals surface area contributed by atoms with Gasteiger partial charge in [-0.15, -0.1) is 0 Å². The van der Waals surface area contributed by atoms with Crippen LogP contribution in [0.2, 0.25) is 0 Å². The number of nitriles is 1. The molecule has 1 aliphatic rings. The summed E-state index contributed by atoms with van der Waals surface area (Å²) in [7, 11) is -3.14. The van der Waals surface area contributed by atoms with Gasteiger partial charge in [-0.1, -0.05) is 0 Å². The van der Waals surface area contributed by atoms with Crippen LogP contribution in [-0.2, 0) is 10.0 Å². The van der Waals surface area contributed by atoms with Crippen LogP contribution in [0.3, 0.4) is 0 Å². The highest BCUT2D eigenvalue weighted by Gasteiger charge is 2.27. The molecular formula is C23H25N5O2S. The Hall–Kier alpha value is -3.02. The van der Waals surface area contributed by atoms with Crippen LogP contribution < -0.4 is 5.32 Å². The molecule has 4 rings (SSSR count). The van der Waals surface area contributed by atoms with Gasteiger partial charge in [0, 0.05) is 54.4 Å². The molecular weight excluding hydrogens is 410 g/mol. The third-order valence-electron chi connectivity index (χ3n) is 5.87. The maximum absolute atomic E-state index is 12.1. The molecule has 1 N–H and O–H groups in total. The third-order valence-corrected chi connectivity index (χ3v) is 7.75. The van der Waals surface area contributed by atoms with E-state index in [1.54, 1.807) is 23.6 Å². The Labute approximate surface area is 182 Å². The van der Waals surface area contributed by atoms with Crippen LogP contribution in [0.25, 0.3) is 21.9 Å². The van der Waals surface area contributed by atoms with Gasteiger partial charge in [0.1, 0.15) is 6.07 Å². The van der Waals surface area contributed by atoms with Crippen LogP contribution in [0.4, 0.5) is 5.69 Å². The molecule has 0 atom stereocenters. The molecule has 1 aliphatic heterocycles.